The summed E-state index contributed by atoms with van der Waals surface area (Å²) < 4.78 is 61.6. The average molecular weight is 398 g/mol. The van der Waals surface area contributed by atoms with Crippen LogP contribution in [0.1, 0.15) is 63.0 Å². The van der Waals surface area contributed by atoms with Crippen molar-refractivity contribution in [2.24, 2.45) is 5.92 Å². The van der Waals surface area contributed by atoms with E-state index >= 15 is 0 Å². The van der Waals surface area contributed by atoms with E-state index in [1.165, 1.54) is 12.1 Å². The van der Waals surface area contributed by atoms with Crippen LogP contribution >= 0.6 is 0 Å². The van der Waals surface area contributed by atoms with E-state index in [2.05, 4.69) is 0 Å². The number of hydrogen-bond donors (Lipinski definition) is 0. The van der Waals surface area contributed by atoms with Crippen LogP contribution in [0.3, 0.4) is 0 Å². The quantitative estimate of drug-likeness (QED) is 0.295. The molecule has 2 aliphatic rings. The van der Waals surface area contributed by atoms with Gasteiger partial charge in [0.15, 0.2) is 0 Å². The number of aryl methyl sites for hydroxylation is 1. The van der Waals surface area contributed by atoms with Crippen molar-refractivity contribution in [3.05, 3.63) is 40.5 Å². The fourth-order valence-corrected chi connectivity index (χ4v) is 4.40. The maximum atomic E-state index is 14.0. The van der Waals surface area contributed by atoms with Gasteiger partial charge in [0.1, 0.15) is 18.6 Å². The summed E-state index contributed by atoms with van der Waals surface area (Å²) in [6.07, 6.45) is 4.56. The minimum atomic E-state index is -3.08. The van der Waals surface area contributed by atoms with Gasteiger partial charge in [-0.25, -0.2) is 17.6 Å². The first kappa shape index (κ1) is 20.9. The molecule has 1 aromatic carbocycles. The molecule has 0 radical (unpaired) electrons. The van der Waals surface area contributed by atoms with Gasteiger partial charge in [0.25, 0.3) is 11.8 Å². The zero-order valence-corrected chi connectivity index (χ0v) is 16.1. The van der Waals surface area contributed by atoms with Crippen molar-refractivity contribution >= 4 is 6.29 Å². The second kappa shape index (κ2) is 8.26. The molecule has 154 valence electrons. The Morgan fingerprint density at radius 3 is 2.57 bits per heavy atom. The molecule has 0 aliphatic heterocycles. The first-order valence-electron chi connectivity index (χ1n) is 9.86. The average Bonchev–Trinajstić information content (AvgIpc) is 3.25. The number of carbonyl (C=O) groups excluding carboxylic acids is 1. The van der Waals surface area contributed by atoms with E-state index in [1.54, 1.807) is 6.07 Å². The second-order valence-electron chi connectivity index (χ2n) is 8.02. The molecule has 28 heavy (non-hydrogen) atoms. The highest BCUT2D eigenvalue weighted by Gasteiger charge is 2.42. The fourth-order valence-electron chi connectivity index (χ4n) is 4.40. The van der Waals surface area contributed by atoms with Crippen molar-refractivity contribution in [2.45, 2.75) is 70.1 Å². The van der Waals surface area contributed by atoms with Crippen molar-refractivity contribution in [3.63, 3.8) is 0 Å². The summed E-state index contributed by atoms with van der Waals surface area (Å²) in [6, 6.07) is 4.36. The summed E-state index contributed by atoms with van der Waals surface area (Å²) in [4.78, 5) is 10.6. The predicted octanol–water partition coefficient (Wildman–Crippen LogP) is 6.22. The molecule has 1 fully saturated rings. The third kappa shape index (κ3) is 4.95. The molecule has 0 aromatic heterocycles. The van der Waals surface area contributed by atoms with Gasteiger partial charge < -0.3 is 9.53 Å². The lowest BCUT2D eigenvalue weighted by Gasteiger charge is -2.18. The van der Waals surface area contributed by atoms with E-state index in [-0.39, 0.29) is 49.5 Å². The van der Waals surface area contributed by atoms with Crippen LogP contribution in [0.25, 0.3) is 0 Å². The van der Waals surface area contributed by atoms with Gasteiger partial charge in [-0.3, -0.25) is 0 Å². The first-order valence-corrected chi connectivity index (χ1v) is 9.86. The van der Waals surface area contributed by atoms with Gasteiger partial charge in [-0.15, -0.1) is 0 Å². The molecule has 2 aliphatic carbocycles. The molecular weight excluding hydrogens is 372 g/mol. The number of carbonyl (C=O) groups is 1. The minimum absolute atomic E-state index is 0.00380. The fraction of sp³-hybridized carbons (Fsp3) is 0.591. The maximum absolute atomic E-state index is 14.0. The number of ether oxygens (including phenoxy) is 1. The van der Waals surface area contributed by atoms with Gasteiger partial charge >= 0.3 is 0 Å². The van der Waals surface area contributed by atoms with Crippen LogP contribution in [-0.4, -0.2) is 18.8 Å². The van der Waals surface area contributed by atoms with Gasteiger partial charge in [-0.1, -0.05) is 24.5 Å². The minimum Gasteiger partial charge on any atom is -0.489 e. The number of benzene rings is 1. The molecule has 0 N–H and O–H groups in total. The van der Waals surface area contributed by atoms with Crippen molar-refractivity contribution in [2.75, 3.05) is 6.61 Å². The molecule has 0 spiro atoms. The molecule has 1 aromatic rings. The molecule has 0 amide bonds. The van der Waals surface area contributed by atoms with E-state index in [0.717, 1.165) is 38.2 Å². The molecule has 2 nitrogen and oxygen atoms in total. The number of aldehydes is 1. The molecular formula is C22H26F4O2. The Kier molecular flexibility index (Phi) is 6.15. The van der Waals surface area contributed by atoms with Gasteiger partial charge in [0.05, 0.1) is 0 Å². The van der Waals surface area contributed by atoms with Crippen LogP contribution in [0.4, 0.5) is 17.6 Å². The normalized spacial score (nSPS) is 20.0. The predicted molar refractivity (Wildman–Crippen MR) is 99.1 cm³/mol. The van der Waals surface area contributed by atoms with E-state index in [4.69, 9.17) is 4.74 Å². The summed E-state index contributed by atoms with van der Waals surface area (Å²) in [5.41, 5.74) is 1.64. The van der Waals surface area contributed by atoms with Gasteiger partial charge in [-0.2, -0.15) is 0 Å². The zero-order chi connectivity index (χ0) is 20.4. The maximum Gasteiger partial charge on any atom is 0.270 e. The molecule has 1 saturated carbocycles. The van der Waals surface area contributed by atoms with Crippen molar-refractivity contribution in [1.29, 1.82) is 0 Å². The summed E-state index contributed by atoms with van der Waals surface area (Å²) in [6.45, 7) is 0.804. The summed E-state index contributed by atoms with van der Waals surface area (Å²) in [5, 5.41) is 0. The van der Waals surface area contributed by atoms with Gasteiger partial charge in [0.2, 0.25) is 0 Å². The van der Waals surface area contributed by atoms with E-state index < -0.39 is 11.8 Å². The van der Waals surface area contributed by atoms with Crippen LogP contribution in [-0.2, 0) is 17.1 Å². The SMILES string of the molecule is CC(F)(F)c1cc(OCC2=C(C3CCCC3)CC(F)(F)C2)ccc1CCC=O. The molecule has 6 heteroatoms. The molecule has 3 rings (SSSR count). The number of allylic oxidation sites excluding steroid dienone is 1. The van der Waals surface area contributed by atoms with Crippen molar-refractivity contribution in [3.8, 4) is 5.75 Å². The Labute approximate surface area is 163 Å². The van der Waals surface area contributed by atoms with E-state index in [9.17, 15) is 22.4 Å². The third-order valence-electron chi connectivity index (χ3n) is 5.72. The second-order valence-corrected chi connectivity index (χ2v) is 8.02. The summed E-state index contributed by atoms with van der Waals surface area (Å²) in [5.74, 6) is -5.38. The van der Waals surface area contributed by atoms with Gasteiger partial charge in [0, 0.05) is 31.7 Å². The standard InChI is InChI=1S/C22H26F4O2/c1-21(23,24)20-11-18(9-8-16(20)7-4-10-27)28-14-17-12-22(25,26)13-19(17)15-5-2-3-6-15/h8-11,15H,2-7,12-14H2,1H3. The largest absolute Gasteiger partial charge is 0.489 e. The summed E-state index contributed by atoms with van der Waals surface area (Å²) >= 11 is 0. The van der Waals surface area contributed by atoms with E-state index in [0.29, 0.717) is 17.4 Å². The molecule has 0 atom stereocenters. The van der Waals surface area contributed by atoms with Crippen LogP contribution in [0.5, 0.6) is 5.75 Å². The first-order chi connectivity index (χ1) is 13.2. The highest BCUT2D eigenvalue weighted by Crippen LogP contribution is 2.46. The Hall–Kier alpha value is -1.85. The Bertz CT molecular complexity index is 743. The highest BCUT2D eigenvalue weighted by atomic mass is 19.3. The number of halogens is 4. The monoisotopic (exact) mass is 398 g/mol. The van der Waals surface area contributed by atoms with Crippen LogP contribution in [0.15, 0.2) is 29.3 Å². The highest BCUT2D eigenvalue weighted by molar-refractivity contribution is 5.51. The molecule has 0 unspecified atom stereocenters. The topological polar surface area (TPSA) is 26.3 Å². The lowest BCUT2D eigenvalue weighted by atomic mass is 9.94. The van der Waals surface area contributed by atoms with Crippen molar-refractivity contribution < 1.29 is 27.1 Å². The van der Waals surface area contributed by atoms with Gasteiger partial charge in [-0.05, 0) is 48.4 Å². The lowest BCUT2D eigenvalue weighted by Crippen LogP contribution is -2.13. The third-order valence-corrected chi connectivity index (χ3v) is 5.72. The smallest absolute Gasteiger partial charge is 0.270 e. The van der Waals surface area contributed by atoms with Crippen molar-refractivity contribution in [1.82, 2.24) is 0 Å². The Balaban J connectivity index is 1.77. The summed E-state index contributed by atoms with van der Waals surface area (Å²) in [7, 11) is 0. The molecule has 0 saturated heterocycles. The Morgan fingerprint density at radius 1 is 1.21 bits per heavy atom. The molecule has 0 heterocycles. The van der Waals surface area contributed by atoms with Crippen LogP contribution in [0, 0.1) is 5.92 Å². The lowest BCUT2D eigenvalue weighted by molar-refractivity contribution is -0.107. The molecule has 0 bridgehead atoms. The van der Waals surface area contributed by atoms with Crippen LogP contribution in [0.2, 0.25) is 0 Å². The van der Waals surface area contributed by atoms with E-state index in [1.807, 2.05) is 0 Å². The number of alkyl halides is 4. The number of rotatable bonds is 8. The van der Waals surface area contributed by atoms with Crippen LogP contribution < -0.4 is 4.74 Å². The number of hydrogen-bond acceptors (Lipinski definition) is 2. The zero-order valence-electron chi connectivity index (χ0n) is 16.1. The Morgan fingerprint density at radius 2 is 1.93 bits per heavy atom.